The Balaban J connectivity index is 1.38. The van der Waals surface area contributed by atoms with E-state index in [1.807, 2.05) is 36.5 Å². The Labute approximate surface area is 152 Å². The summed E-state index contributed by atoms with van der Waals surface area (Å²) < 4.78 is 19.3. The van der Waals surface area contributed by atoms with Crippen molar-refractivity contribution in [2.45, 2.75) is 10.1 Å². The van der Waals surface area contributed by atoms with Gasteiger partial charge in [0.15, 0.2) is 0 Å². The van der Waals surface area contributed by atoms with E-state index in [9.17, 15) is 4.39 Å². The summed E-state index contributed by atoms with van der Waals surface area (Å²) in [6.45, 7) is 0. The monoisotopic (exact) mass is 371 g/mol. The number of nitrogens with zero attached hydrogens (tertiary/aromatic N) is 2. The lowest BCUT2D eigenvalue weighted by Gasteiger charge is -2.01. The molecular formula is C18H14FN3OS2. The van der Waals surface area contributed by atoms with Gasteiger partial charge in [-0.05, 0) is 18.2 Å². The Morgan fingerprint density at radius 3 is 2.68 bits per heavy atom. The molecule has 2 heterocycles. The quantitative estimate of drug-likeness (QED) is 0.371. The summed E-state index contributed by atoms with van der Waals surface area (Å²) >= 11 is 2.96. The van der Waals surface area contributed by atoms with Crippen LogP contribution in [0.25, 0.3) is 22.4 Å². The van der Waals surface area contributed by atoms with E-state index in [1.165, 1.54) is 29.6 Å². The summed E-state index contributed by atoms with van der Waals surface area (Å²) in [6.07, 6.45) is 1.88. The molecule has 0 radical (unpaired) electrons. The highest BCUT2D eigenvalue weighted by Crippen LogP contribution is 2.30. The standard InChI is InChI=1S/C18H14FN3OS2/c19-14-6-2-4-8-16(14)24-9-10-25-18-22-21-17(23-18)13-11-20-15-7-3-1-5-12(13)15/h1-8,11,20H,9-10H2. The molecule has 0 spiro atoms. The number of thioether (sulfide) groups is 2. The number of nitrogens with one attached hydrogen (secondary N) is 1. The number of rotatable bonds is 6. The average Bonchev–Trinajstić information content (AvgIpc) is 3.26. The second kappa shape index (κ2) is 7.33. The fourth-order valence-corrected chi connectivity index (χ4v) is 4.15. The van der Waals surface area contributed by atoms with Crippen molar-refractivity contribution in [3.05, 3.63) is 60.5 Å². The number of benzene rings is 2. The van der Waals surface area contributed by atoms with Crippen molar-refractivity contribution in [2.75, 3.05) is 11.5 Å². The summed E-state index contributed by atoms with van der Waals surface area (Å²) in [4.78, 5) is 3.86. The van der Waals surface area contributed by atoms with E-state index in [2.05, 4.69) is 15.2 Å². The molecule has 0 aliphatic carbocycles. The number of H-pyrrole nitrogens is 1. The van der Waals surface area contributed by atoms with Crippen LogP contribution in [0.1, 0.15) is 0 Å². The topological polar surface area (TPSA) is 54.7 Å². The van der Waals surface area contributed by atoms with Gasteiger partial charge in [-0.25, -0.2) is 4.39 Å². The number of para-hydroxylation sites is 1. The van der Waals surface area contributed by atoms with Crippen molar-refractivity contribution < 1.29 is 8.81 Å². The van der Waals surface area contributed by atoms with E-state index < -0.39 is 0 Å². The van der Waals surface area contributed by atoms with Gasteiger partial charge in [0.1, 0.15) is 5.82 Å². The Bertz CT molecular complexity index is 999. The van der Waals surface area contributed by atoms with Gasteiger partial charge >= 0.3 is 0 Å². The minimum absolute atomic E-state index is 0.183. The van der Waals surface area contributed by atoms with Gasteiger partial charge in [-0.15, -0.1) is 22.0 Å². The molecule has 0 saturated carbocycles. The molecule has 0 atom stereocenters. The van der Waals surface area contributed by atoms with Crippen LogP contribution in [0.15, 0.2) is 69.3 Å². The molecule has 7 heteroatoms. The molecule has 2 aromatic heterocycles. The van der Waals surface area contributed by atoms with Gasteiger partial charge in [0, 0.05) is 33.5 Å². The maximum absolute atomic E-state index is 13.6. The third-order valence-corrected chi connectivity index (χ3v) is 5.76. The molecule has 0 aliphatic heterocycles. The minimum atomic E-state index is -0.183. The van der Waals surface area contributed by atoms with Gasteiger partial charge in [-0.1, -0.05) is 42.1 Å². The van der Waals surface area contributed by atoms with Gasteiger partial charge in [0.2, 0.25) is 0 Å². The molecule has 126 valence electrons. The zero-order chi connectivity index (χ0) is 17.1. The molecule has 0 fully saturated rings. The minimum Gasteiger partial charge on any atom is -0.411 e. The van der Waals surface area contributed by atoms with Crippen LogP contribution in [-0.2, 0) is 0 Å². The smallest absolute Gasteiger partial charge is 0.276 e. The summed E-state index contributed by atoms with van der Waals surface area (Å²) in [5, 5.41) is 9.80. The number of hydrogen-bond donors (Lipinski definition) is 1. The Kier molecular flexibility index (Phi) is 4.76. The van der Waals surface area contributed by atoms with Crippen LogP contribution < -0.4 is 0 Å². The molecule has 0 amide bonds. The molecule has 1 N–H and O–H groups in total. The first-order valence-electron chi connectivity index (χ1n) is 7.71. The second-order valence-corrected chi connectivity index (χ2v) is 7.43. The first-order chi connectivity index (χ1) is 12.3. The van der Waals surface area contributed by atoms with E-state index in [4.69, 9.17) is 4.42 Å². The van der Waals surface area contributed by atoms with Crippen LogP contribution in [0, 0.1) is 5.82 Å². The van der Waals surface area contributed by atoms with Gasteiger partial charge in [-0.3, -0.25) is 0 Å². The molecule has 0 bridgehead atoms. The van der Waals surface area contributed by atoms with Crippen molar-refractivity contribution >= 4 is 34.4 Å². The number of hydrogen-bond acceptors (Lipinski definition) is 5. The van der Waals surface area contributed by atoms with E-state index >= 15 is 0 Å². The van der Waals surface area contributed by atoms with Crippen molar-refractivity contribution in [1.82, 2.24) is 15.2 Å². The van der Waals surface area contributed by atoms with Gasteiger partial charge < -0.3 is 9.40 Å². The average molecular weight is 371 g/mol. The molecule has 4 rings (SSSR count). The van der Waals surface area contributed by atoms with Crippen LogP contribution in [0.2, 0.25) is 0 Å². The first-order valence-corrected chi connectivity index (χ1v) is 9.68. The van der Waals surface area contributed by atoms with Crippen molar-refractivity contribution in [3.63, 3.8) is 0 Å². The highest BCUT2D eigenvalue weighted by Gasteiger charge is 2.13. The summed E-state index contributed by atoms with van der Waals surface area (Å²) in [6, 6.07) is 14.8. The lowest BCUT2D eigenvalue weighted by atomic mass is 10.2. The third kappa shape index (κ3) is 3.57. The molecule has 2 aromatic carbocycles. The number of halogens is 1. The predicted molar refractivity (Wildman–Crippen MR) is 99.4 cm³/mol. The van der Waals surface area contributed by atoms with Crippen molar-refractivity contribution in [2.24, 2.45) is 0 Å². The normalized spacial score (nSPS) is 11.2. The van der Waals surface area contributed by atoms with Crippen LogP contribution in [0.3, 0.4) is 0 Å². The summed E-state index contributed by atoms with van der Waals surface area (Å²) in [7, 11) is 0. The second-order valence-electron chi connectivity index (χ2n) is 5.25. The third-order valence-electron chi connectivity index (χ3n) is 3.63. The molecule has 0 saturated heterocycles. The van der Waals surface area contributed by atoms with Gasteiger partial charge in [-0.2, -0.15) is 0 Å². The first kappa shape index (κ1) is 16.2. The highest BCUT2D eigenvalue weighted by molar-refractivity contribution is 8.02. The highest BCUT2D eigenvalue weighted by atomic mass is 32.2. The zero-order valence-corrected chi connectivity index (χ0v) is 14.7. The summed E-state index contributed by atoms with van der Waals surface area (Å²) in [5.41, 5.74) is 1.93. The van der Waals surface area contributed by atoms with E-state index in [1.54, 1.807) is 12.1 Å². The van der Waals surface area contributed by atoms with Crippen LogP contribution in [-0.4, -0.2) is 26.7 Å². The molecule has 4 aromatic rings. The van der Waals surface area contributed by atoms with E-state index in [0.717, 1.165) is 28.0 Å². The van der Waals surface area contributed by atoms with Gasteiger partial charge in [0.25, 0.3) is 11.1 Å². The SMILES string of the molecule is Fc1ccccc1SCCSc1nnc(-c2c[nH]c3ccccc23)o1. The van der Waals surface area contributed by atoms with Crippen molar-refractivity contribution in [3.8, 4) is 11.5 Å². The fraction of sp³-hybridized carbons (Fsp3) is 0.111. The lowest BCUT2D eigenvalue weighted by molar-refractivity contribution is 0.466. The Hall–Kier alpha value is -2.25. The van der Waals surface area contributed by atoms with Crippen LogP contribution in [0.5, 0.6) is 0 Å². The Morgan fingerprint density at radius 1 is 0.960 bits per heavy atom. The Morgan fingerprint density at radius 2 is 1.76 bits per heavy atom. The van der Waals surface area contributed by atoms with E-state index in [-0.39, 0.29) is 5.82 Å². The van der Waals surface area contributed by atoms with Gasteiger partial charge in [0.05, 0.1) is 5.56 Å². The number of aromatic amines is 1. The maximum atomic E-state index is 13.6. The molecule has 0 unspecified atom stereocenters. The summed E-state index contributed by atoms with van der Waals surface area (Å²) in [5.74, 6) is 1.84. The van der Waals surface area contributed by atoms with Crippen molar-refractivity contribution in [1.29, 1.82) is 0 Å². The predicted octanol–water partition coefficient (Wildman–Crippen LogP) is 5.24. The lowest BCUT2D eigenvalue weighted by Crippen LogP contribution is -1.86. The molecular weight excluding hydrogens is 357 g/mol. The van der Waals surface area contributed by atoms with E-state index in [0.29, 0.717) is 16.0 Å². The zero-order valence-electron chi connectivity index (χ0n) is 13.1. The number of aromatic nitrogens is 3. The largest absolute Gasteiger partial charge is 0.411 e. The number of fused-ring (bicyclic) bond motifs is 1. The van der Waals surface area contributed by atoms with Crippen LogP contribution >= 0.6 is 23.5 Å². The van der Waals surface area contributed by atoms with Crippen LogP contribution in [0.4, 0.5) is 4.39 Å². The molecule has 4 nitrogen and oxygen atoms in total. The fourth-order valence-electron chi connectivity index (χ4n) is 2.47. The molecule has 0 aliphatic rings. The molecule has 25 heavy (non-hydrogen) atoms. The maximum Gasteiger partial charge on any atom is 0.276 e.